The Bertz CT molecular complexity index is 433. The van der Waals surface area contributed by atoms with Crippen molar-refractivity contribution in [3.05, 3.63) is 29.3 Å². The second-order valence-corrected chi connectivity index (χ2v) is 7.30. The molecule has 0 aliphatic rings. The maximum absolute atomic E-state index is 3.54. The first-order chi connectivity index (χ1) is 9.69. The van der Waals surface area contributed by atoms with Crippen molar-refractivity contribution in [3.8, 4) is 0 Å². The fraction of sp³-hybridized carbons (Fsp3) is 0.667. The van der Waals surface area contributed by atoms with Crippen LogP contribution in [0.3, 0.4) is 0 Å². The molecule has 0 fully saturated rings. The number of nitrogens with one attached hydrogen (secondary N) is 1. The first kappa shape index (κ1) is 18.0. The Morgan fingerprint density at radius 1 is 1.05 bits per heavy atom. The van der Waals surface area contributed by atoms with Gasteiger partial charge in [0.05, 0.1) is 0 Å². The van der Waals surface area contributed by atoms with Gasteiger partial charge in [0.2, 0.25) is 0 Å². The van der Waals surface area contributed by atoms with Crippen LogP contribution in [-0.4, -0.2) is 44.7 Å². The molecule has 3 nitrogen and oxygen atoms in total. The van der Waals surface area contributed by atoms with Crippen LogP contribution in [0.15, 0.2) is 18.2 Å². The zero-order valence-corrected chi connectivity index (χ0v) is 15.0. The Labute approximate surface area is 131 Å². The summed E-state index contributed by atoms with van der Waals surface area (Å²) in [7, 11) is 6.44. The highest BCUT2D eigenvalue weighted by atomic mass is 15.1. The molecule has 120 valence electrons. The summed E-state index contributed by atoms with van der Waals surface area (Å²) in [4.78, 5) is 4.60. The smallest absolute Gasteiger partial charge is 0.0393 e. The van der Waals surface area contributed by atoms with Gasteiger partial charge in [-0.2, -0.15) is 0 Å². The van der Waals surface area contributed by atoms with Crippen molar-refractivity contribution in [3.63, 3.8) is 0 Å². The second-order valence-electron chi connectivity index (χ2n) is 7.30. The molecule has 1 rings (SSSR count). The summed E-state index contributed by atoms with van der Waals surface area (Å²) in [6.07, 6.45) is 1.19. The van der Waals surface area contributed by atoms with Crippen LogP contribution in [0.5, 0.6) is 0 Å². The van der Waals surface area contributed by atoms with E-state index in [0.717, 1.165) is 19.6 Å². The molecule has 1 aromatic carbocycles. The van der Waals surface area contributed by atoms with Gasteiger partial charge in [-0.3, -0.25) is 0 Å². The van der Waals surface area contributed by atoms with Gasteiger partial charge in [-0.25, -0.2) is 0 Å². The van der Waals surface area contributed by atoms with Crippen LogP contribution in [0.4, 0.5) is 5.69 Å². The van der Waals surface area contributed by atoms with Crippen LogP contribution in [0.1, 0.15) is 38.3 Å². The van der Waals surface area contributed by atoms with Crippen LogP contribution in [0.25, 0.3) is 0 Å². The lowest BCUT2D eigenvalue weighted by Crippen LogP contribution is -2.35. The SMILES string of the molecule is Cc1cc(CNC(C)(C)C)ccc1N(C)CCCN(C)C. The van der Waals surface area contributed by atoms with Crippen LogP contribution in [0.2, 0.25) is 0 Å². The number of hydrogen-bond acceptors (Lipinski definition) is 3. The lowest BCUT2D eigenvalue weighted by molar-refractivity contribution is 0.401. The minimum absolute atomic E-state index is 0.162. The normalized spacial score (nSPS) is 12.0. The van der Waals surface area contributed by atoms with Crippen molar-refractivity contribution in [1.29, 1.82) is 0 Å². The van der Waals surface area contributed by atoms with Gasteiger partial charge >= 0.3 is 0 Å². The molecule has 1 aromatic rings. The Morgan fingerprint density at radius 3 is 2.24 bits per heavy atom. The summed E-state index contributed by atoms with van der Waals surface area (Å²) in [5.74, 6) is 0. The van der Waals surface area contributed by atoms with Crippen molar-refractivity contribution < 1.29 is 0 Å². The molecule has 0 radical (unpaired) electrons. The Hall–Kier alpha value is -1.06. The maximum atomic E-state index is 3.54. The summed E-state index contributed by atoms with van der Waals surface area (Å²) in [5.41, 5.74) is 4.21. The number of benzene rings is 1. The third-order valence-corrected chi connectivity index (χ3v) is 3.59. The highest BCUT2D eigenvalue weighted by Crippen LogP contribution is 2.20. The fourth-order valence-electron chi connectivity index (χ4n) is 2.37. The van der Waals surface area contributed by atoms with E-state index >= 15 is 0 Å². The van der Waals surface area contributed by atoms with Crippen molar-refractivity contribution in [2.24, 2.45) is 0 Å². The van der Waals surface area contributed by atoms with E-state index in [0.29, 0.717) is 0 Å². The van der Waals surface area contributed by atoms with Gasteiger partial charge in [-0.15, -0.1) is 0 Å². The molecule has 0 aliphatic carbocycles. The quantitative estimate of drug-likeness (QED) is 0.832. The lowest BCUT2D eigenvalue weighted by Gasteiger charge is -2.24. The molecular formula is C18H33N3. The summed E-state index contributed by atoms with van der Waals surface area (Å²) in [6, 6.07) is 6.80. The van der Waals surface area contributed by atoms with E-state index in [1.165, 1.54) is 23.2 Å². The van der Waals surface area contributed by atoms with Gasteiger partial charge in [0.1, 0.15) is 0 Å². The van der Waals surface area contributed by atoms with Crippen LogP contribution >= 0.6 is 0 Å². The molecule has 3 heteroatoms. The summed E-state index contributed by atoms with van der Waals surface area (Å²) in [5, 5.41) is 3.54. The van der Waals surface area contributed by atoms with Crippen LogP contribution in [-0.2, 0) is 6.54 Å². The Morgan fingerprint density at radius 2 is 1.71 bits per heavy atom. The molecule has 0 saturated carbocycles. The molecule has 0 saturated heterocycles. The predicted octanol–water partition coefficient (Wildman–Crippen LogP) is 3.27. The molecule has 21 heavy (non-hydrogen) atoms. The second kappa shape index (κ2) is 7.81. The largest absolute Gasteiger partial charge is 0.374 e. The zero-order valence-electron chi connectivity index (χ0n) is 15.0. The fourth-order valence-corrected chi connectivity index (χ4v) is 2.37. The molecule has 0 atom stereocenters. The predicted molar refractivity (Wildman–Crippen MR) is 94.2 cm³/mol. The summed E-state index contributed by atoms with van der Waals surface area (Å²) in [6.45, 7) is 12.0. The molecule has 1 N–H and O–H groups in total. The molecular weight excluding hydrogens is 258 g/mol. The van der Waals surface area contributed by atoms with Crippen molar-refractivity contribution in [1.82, 2.24) is 10.2 Å². The van der Waals surface area contributed by atoms with Crippen molar-refractivity contribution in [2.75, 3.05) is 39.1 Å². The molecule has 0 aromatic heterocycles. The van der Waals surface area contributed by atoms with Crippen LogP contribution < -0.4 is 10.2 Å². The minimum atomic E-state index is 0.162. The van der Waals surface area contributed by atoms with Gasteiger partial charge in [0, 0.05) is 31.4 Å². The third kappa shape index (κ3) is 6.96. The number of aryl methyl sites for hydroxylation is 1. The lowest BCUT2D eigenvalue weighted by atomic mass is 10.1. The van der Waals surface area contributed by atoms with E-state index in [1.54, 1.807) is 0 Å². The first-order valence-corrected chi connectivity index (χ1v) is 7.89. The van der Waals surface area contributed by atoms with Gasteiger partial charge in [0.25, 0.3) is 0 Å². The van der Waals surface area contributed by atoms with E-state index in [1.807, 2.05) is 0 Å². The zero-order chi connectivity index (χ0) is 16.0. The van der Waals surface area contributed by atoms with E-state index in [9.17, 15) is 0 Å². The molecule has 0 amide bonds. The molecule has 0 bridgehead atoms. The highest BCUT2D eigenvalue weighted by Gasteiger charge is 2.10. The highest BCUT2D eigenvalue weighted by molar-refractivity contribution is 5.53. The Balaban J connectivity index is 2.60. The van der Waals surface area contributed by atoms with Gasteiger partial charge in [-0.05, 0) is 71.9 Å². The average Bonchev–Trinajstić information content (AvgIpc) is 2.35. The Kier molecular flexibility index (Phi) is 6.69. The maximum Gasteiger partial charge on any atom is 0.0393 e. The standard InChI is InChI=1S/C18H33N3/c1-15-13-16(14-19-18(2,3)4)9-10-17(15)21(7)12-8-11-20(5)6/h9-10,13,19H,8,11-12,14H2,1-7H3. The van der Waals surface area contributed by atoms with Gasteiger partial charge < -0.3 is 15.1 Å². The molecule has 0 spiro atoms. The summed E-state index contributed by atoms with van der Waals surface area (Å²) >= 11 is 0. The van der Waals surface area contributed by atoms with E-state index in [2.05, 4.69) is 82.2 Å². The van der Waals surface area contributed by atoms with Crippen LogP contribution in [0, 0.1) is 6.92 Å². The molecule has 0 heterocycles. The topological polar surface area (TPSA) is 18.5 Å². The van der Waals surface area contributed by atoms with Gasteiger partial charge in [0.15, 0.2) is 0 Å². The third-order valence-electron chi connectivity index (χ3n) is 3.59. The minimum Gasteiger partial charge on any atom is -0.374 e. The first-order valence-electron chi connectivity index (χ1n) is 7.89. The molecule has 0 aliphatic heterocycles. The number of hydrogen-bond donors (Lipinski definition) is 1. The van der Waals surface area contributed by atoms with E-state index in [4.69, 9.17) is 0 Å². The van der Waals surface area contributed by atoms with Crippen molar-refractivity contribution >= 4 is 5.69 Å². The average molecular weight is 291 g/mol. The van der Waals surface area contributed by atoms with Gasteiger partial charge in [-0.1, -0.05) is 12.1 Å². The number of anilines is 1. The molecule has 0 unspecified atom stereocenters. The number of nitrogens with zero attached hydrogens (tertiary/aromatic N) is 2. The monoisotopic (exact) mass is 291 g/mol. The van der Waals surface area contributed by atoms with E-state index < -0.39 is 0 Å². The number of rotatable bonds is 7. The summed E-state index contributed by atoms with van der Waals surface area (Å²) < 4.78 is 0. The van der Waals surface area contributed by atoms with Crippen molar-refractivity contribution in [2.45, 2.75) is 46.2 Å². The van der Waals surface area contributed by atoms with E-state index in [-0.39, 0.29) is 5.54 Å².